The van der Waals surface area contributed by atoms with Gasteiger partial charge < -0.3 is 4.90 Å². The zero-order chi connectivity index (χ0) is 12.4. The van der Waals surface area contributed by atoms with E-state index in [0.717, 1.165) is 26.1 Å². The summed E-state index contributed by atoms with van der Waals surface area (Å²) in [7, 11) is 0. The minimum absolute atomic E-state index is 0.971. The largest absolute Gasteiger partial charge is 0.361 e. The predicted octanol–water partition coefficient (Wildman–Crippen LogP) is 3.88. The number of hydrogen-bond acceptors (Lipinski definition) is 1. The van der Waals surface area contributed by atoms with Gasteiger partial charge in [0.05, 0.1) is 0 Å². The third-order valence-corrected chi connectivity index (χ3v) is 2.63. The summed E-state index contributed by atoms with van der Waals surface area (Å²) < 4.78 is 0. The molecule has 0 N–H and O–H groups in total. The molecule has 0 aromatic heterocycles. The van der Waals surface area contributed by atoms with Crippen molar-refractivity contribution in [3.63, 3.8) is 0 Å². The van der Waals surface area contributed by atoms with Gasteiger partial charge in [0.15, 0.2) is 0 Å². The van der Waals surface area contributed by atoms with E-state index < -0.39 is 0 Å². The van der Waals surface area contributed by atoms with Crippen molar-refractivity contribution in [2.45, 2.75) is 53.9 Å². The lowest BCUT2D eigenvalue weighted by atomic mass is 10.2. The first-order chi connectivity index (χ1) is 7.65. The molecule has 0 aliphatic carbocycles. The van der Waals surface area contributed by atoms with Crippen molar-refractivity contribution in [1.29, 1.82) is 0 Å². The van der Waals surface area contributed by atoms with Crippen LogP contribution in [0.4, 0.5) is 0 Å². The molecule has 0 aliphatic rings. The molecule has 2 nitrogen and oxygen atoms in total. The van der Waals surface area contributed by atoms with Crippen molar-refractivity contribution in [1.82, 2.24) is 4.90 Å². The van der Waals surface area contributed by atoms with E-state index in [2.05, 4.69) is 45.6 Å². The summed E-state index contributed by atoms with van der Waals surface area (Å²) in [5.74, 6) is 1.25. The average Bonchev–Trinajstić information content (AvgIpc) is 2.26. The summed E-state index contributed by atoms with van der Waals surface area (Å²) in [5, 5.41) is 0. The highest BCUT2D eigenvalue weighted by molar-refractivity contribution is 5.83. The number of amidine groups is 1. The Morgan fingerprint density at radius 3 is 2.19 bits per heavy atom. The van der Waals surface area contributed by atoms with Crippen LogP contribution in [0.2, 0.25) is 0 Å². The minimum atomic E-state index is 0.971. The highest BCUT2D eigenvalue weighted by Crippen LogP contribution is 2.02. The van der Waals surface area contributed by atoms with Crippen LogP contribution in [0.15, 0.2) is 16.6 Å². The Balaban J connectivity index is 4.47. The summed E-state index contributed by atoms with van der Waals surface area (Å²) in [6.45, 7) is 14.0. The molecule has 0 saturated heterocycles. The lowest BCUT2D eigenvalue weighted by Crippen LogP contribution is -2.30. The Hall–Kier alpha value is -0.790. The molecule has 2 heteroatoms. The molecule has 0 spiro atoms. The topological polar surface area (TPSA) is 15.6 Å². The van der Waals surface area contributed by atoms with Gasteiger partial charge in [0, 0.05) is 26.1 Å². The normalized spacial score (nSPS) is 11.4. The van der Waals surface area contributed by atoms with Gasteiger partial charge in [-0.3, -0.25) is 4.99 Å². The van der Waals surface area contributed by atoms with Crippen molar-refractivity contribution >= 4 is 5.84 Å². The number of allylic oxidation sites excluding steroid dienone is 1. The van der Waals surface area contributed by atoms with Crippen LogP contribution in [-0.2, 0) is 0 Å². The van der Waals surface area contributed by atoms with Gasteiger partial charge in [0.1, 0.15) is 5.84 Å². The lowest BCUT2D eigenvalue weighted by Gasteiger charge is -2.22. The SMILES string of the molecule is CCCCN=C(CC=C(C)C)N(CC)CC. The second-order valence-corrected chi connectivity index (χ2v) is 4.31. The molecule has 0 aromatic carbocycles. The molecule has 0 radical (unpaired) electrons. The Morgan fingerprint density at radius 1 is 1.12 bits per heavy atom. The number of rotatable bonds is 7. The van der Waals surface area contributed by atoms with Crippen LogP contribution in [0.1, 0.15) is 53.9 Å². The monoisotopic (exact) mass is 224 g/mol. The molecular formula is C14H28N2. The number of unbranched alkanes of at least 4 members (excludes halogenated alkanes) is 1. The molecule has 16 heavy (non-hydrogen) atoms. The fourth-order valence-corrected chi connectivity index (χ4v) is 1.54. The molecule has 0 aromatic rings. The van der Waals surface area contributed by atoms with E-state index in [1.54, 1.807) is 0 Å². The van der Waals surface area contributed by atoms with Gasteiger partial charge in [-0.2, -0.15) is 0 Å². The van der Waals surface area contributed by atoms with Crippen LogP contribution < -0.4 is 0 Å². The van der Waals surface area contributed by atoms with Crippen molar-refractivity contribution < 1.29 is 0 Å². The molecule has 0 amide bonds. The number of nitrogens with zero attached hydrogens (tertiary/aromatic N) is 2. The molecule has 0 heterocycles. The molecular weight excluding hydrogens is 196 g/mol. The molecule has 0 rings (SSSR count). The van der Waals surface area contributed by atoms with Gasteiger partial charge in [0.25, 0.3) is 0 Å². The molecule has 0 fully saturated rings. The van der Waals surface area contributed by atoms with Crippen molar-refractivity contribution in [2.75, 3.05) is 19.6 Å². The zero-order valence-corrected chi connectivity index (χ0v) is 11.7. The third-order valence-electron chi connectivity index (χ3n) is 2.63. The molecule has 0 atom stereocenters. The van der Waals surface area contributed by atoms with Crippen LogP contribution in [0, 0.1) is 0 Å². The van der Waals surface area contributed by atoms with Crippen LogP contribution in [0.5, 0.6) is 0 Å². The quantitative estimate of drug-likeness (QED) is 0.277. The maximum Gasteiger partial charge on any atom is 0.103 e. The van der Waals surface area contributed by atoms with Gasteiger partial charge >= 0.3 is 0 Å². The minimum Gasteiger partial charge on any atom is -0.361 e. The van der Waals surface area contributed by atoms with Crippen molar-refractivity contribution in [3.05, 3.63) is 11.6 Å². The number of hydrogen-bond donors (Lipinski definition) is 0. The zero-order valence-electron chi connectivity index (χ0n) is 11.7. The molecule has 0 unspecified atom stereocenters. The Labute approximate surface area is 101 Å². The van der Waals surface area contributed by atoms with E-state index in [4.69, 9.17) is 4.99 Å². The third kappa shape index (κ3) is 6.65. The average molecular weight is 224 g/mol. The van der Waals surface area contributed by atoms with E-state index in [-0.39, 0.29) is 0 Å². The first kappa shape index (κ1) is 15.2. The van der Waals surface area contributed by atoms with Crippen molar-refractivity contribution in [3.8, 4) is 0 Å². The van der Waals surface area contributed by atoms with Gasteiger partial charge in [0.2, 0.25) is 0 Å². The van der Waals surface area contributed by atoms with Crippen LogP contribution in [0.25, 0.3) is 0 Å². The van der Waals surface area contributed by atoms with Crippen LogP contribution in [0.3, 0.4) is 0 Å². The van der Waals surface area contributed by atoms with Crippen LogP contribution in [-0.4, -0.2) is 30.4 Å². The standard InChI is InChI=1S/C14H28N2/c1-6-9-12-15-14(11-10-13(4)5)16(7-2)8-3/h10H,6-9,11-12H2,1-5H3. The summed E-state index contributed by atoms with van der Waals surface area (Å²) in [6.07, 6.45) is 5.66. The predicted molar refractivity (Wildman–Crippen MR) is 74.2 cm³/mol. The second kappa shape index (κ2) is 9.44. The molecule has 0 saturated carbocycles. The smallest absolute Gasteiger partial charge is 0.103 e. The number of aliphatic imine (C=N–C) groups is 1. The van der Waals surface area contributed by atoms with E-state index in [1.807, 2.05) is 0 Å². The fraction of sp³-hybridized carbons (Fsp3) is 0.786. The Morgan fingerprint density at radius 2 is 1.75 bits per heavy atom. The van der Waals surface area contributed by atoms with Gasteiger partial charge in [-0.05, 0) is 34.1 Å². The maximum absolute atomic E-state index is 4.73. The fourth-order valence-electron chi connectivity index (χ4n) is 1.54. The Kier molecular flexibility index (Phi) is 8.97. The van der Waals surface area contributed by atoms with Gasteiger partial charge in [-0.25, -0.2) is 0 Å². The summed E-state index contributed by atoms with van der Waals surface area (Å²) >= 11 is 0. The summed E-state index contributed by atoms with van der Waals surface area (Å²) in [5.41, 5.74) is 1.37. The molecule has 0 bridgehead atoms. The highest BCUT2D eigenvalue weighted by atomic mass is 15.2. The highest BCUT2D eigenvalue weighted by Gasteiger charge is 2.05. The van der Waals surface area contributed by atoms with Crippen molar-refractivity contribution in [2.24, 2.45) is 4.99 Å². The van der Waals surface area contributed by atoms with E-state index in [1.165, 1.54) is 24.3 Å². The lowest BCUT2D eigenvalue weighted by molar-refractivity contribution is 0.456. The summed E-state index contributed by atoms with van der Waals surface area (Å²) in [6, 6.07) is 0. The molecule has 0 aliphatic heterocycles. The van der Waals surface area contributed by atoms with Crippen LogP contribution >= 0.6 is 0 Å². The van der Waals surface area contributed by atoms with E-state index in [9.17, 15) is 0 Å². The first-order valence-corrected chi connectivity index (χ1v) is 6.57. The van der Waals surface area contributed by atoms with Gasteiger partial charge in [-0.1, -0.05) is 25.0 Å². The van der Waals surface area contributed by atoms with Gasteiger partial charge in [-0.15, -0.1) is 0 Å². The van der Waals surface area contributed by atoms with E-state index >= 15 is 0 Å². The first-order valence-electron chi connectivity index (χ1n) is 6.57. The second-order valence-electron chi connectivity index (χ2n) is 4.31. The summed E-state index contributed by atoms with van der Waals surface area (Å²) in [4.78, 5) is 7.08. The van der Waals surface area contributed by atoms with E-state index in [0.29, 0.717) is 0 Å². The maximum atomic E-state index is 4.73. The molecule has 94 valence electrons. The Bertz CT molecular complexity index is 221.